The Balaban J connectivity index is 1.98. The van der Waals surface area contributed by atoms with Crippen LogP contribution in [-0.4, -0.2) is 34.7 Å². The van der Waals surface area contributed by atoms with Gasteiger partial charge in [-0.15, -0.1) is 0 Å². The molecule has 164 valence electrons. The number of likely N-dealkylation sites (N-methyl/N-ethyl adjacent to an activating group) is 1. The minimum absolute atomic E-state index is 0.0755. The van der Waals surface area contributed by atoms with Gasteiger partial charge in [-0.05, 0) is 25.1 Å². The van der Waals surface area contributed by atoms with Crippen LogP contribution in [0.15, 0.2) is 36.5 Å². The fourth-order valence-corrected chi connectivity index (χ4v) is 2.94. The molecule has 0 spiro atoms. The summed E-state index contributed by atoms with van der Waals surface area (Å²) in [4.78, 5) is 19.0. The number of hydrogen-bond acceptors (Lipinski definition) is 4. The van der Waals surface area contributed by atoms with E-state index in [-0.39, 0.29) is 23.0 Å². The molecule has 31 heavy (non-hydrogen) atoms. The molecule has 0 atom stereocenters. The molecule has 0 saturated carbocycles. The van der Waals surface area contributed by atoms with Gasteiger partial charge in [0, 0.05) is 24.9 Å². The summed E-state index contributed by atoms with van der Waals surface area (Å²) in [5, 5.41) is 5.92. The quantitative estimate of drug-likeness (QED) is 0.437. The average molecular weight is 460 g/mol. The number of rotatable bonds is 5. The molecule has 2 heterocycles. The minimum Gasteiger partial charge on any atom is -0.311 e. The van der Waals surface area contributed by atoms with Crippen LogP contribution in [0.5, 0.6) is 0 Å². The van der Waals surface area contributed by atoms with Crippen LogP contribution in [0, 0.1) is 18.6 Å². The van der Waals surface area contributed by atoms with E-state index < -0.39 is 40.8 Å². The van der Waals surface area contributed by atoms with E-state index >= 15 is 0 Å². The third kappa shape index (κ3) is 4.93. The first-order valence-electron chi connectivity index (χ1n) is 8.71. The molecule has 0 radical (unpaired) electrons. The van der Waals surface area contributed by atoms with Crippen LogP contribution in [-0.2, 0) is 11.0 Å². The molecule has 0 fully saturated rings. The SMILES string of the molecule is Cc1cc(C(F)(F)F)cc(N(CC(=O)N(C)c2cc(Cl)c(F)cc2F)c2ccn[nH]2)n1. The maximum absolute atomic E-state index is 14.2. The van der Waals surface area contributed by atoms with Gasteiger partial charge in [0.2, 0.25) is 5.91 Å². The molecule has 3 aromatic rings. The van der Waals surface area contributed by atoms with E-state index in [4.69, 9.17) is 11.6 Å². The zero-order valence-electron chi connectivity index (χ0n) is 16.1. The number of nitrogens with one attached hydrogen (secondary N) is 1. The molecule has 0 aliphatic rings. The number of aromatic nitrogens is 3. The highest BCUT2D eigenvalue weighted by Gasteiger charge is 2.32. The number of benzene rings is 1. The van der Waals surface area contributed by atoms with E-state index in [1.165, 1.54) is 26.2 Å². The maximum atomic E-state index is 14.2. The Morgan fingerprint density at radius 1 is 1.16 bits per heavy atom. The van der Waals surface area contributed by atoms with Crippen molar-refractivity contribution in [1.29, 1.82) is 0 Å². The minimum atomic E-state index is -4.63. The van der Waals surface area contributed by atoms with Crippen LogP contribution in [0.4, 0.5) is 39.3 Å². The molecule has 12 heteroatoms. The second-order valence-corrected chi connectivity index (χ2v) is 6.96. The molecule has 1 aromatic carbocycles. The molecular formula is C19H15ClF5N5O. The van der Waals surface area contributed by atoms with Crippen molar-refractivity contribution in [3.05, 3.63) is 64.4 Å². The number of aryl methyl sites for hydroxylation is 1. The van der Waals surface area contributed by atoms with Crippen LogP contribution < -0.4 is 9.80 Å². The Morgan fingerprint density at radius 3 is 2.48 bits per heavy atom. The van der Waals surface area contributed by atoms with E-state index in [0.717, 1.165) is 28.0 Å². The summed E-state index contributed by atoms with van der Waals surface area (Å²) in [5.74, 6) is -2.74. The highest BCUT2D eigenvalue weighted by Crippen LogP contribution is 2.33. The number of anilines is 3. The lowest BCUT2D eigenvalue weighted by molar-refractivity contribution is -0.137. The van der Waals surface area contributed by atoms with Crippen LogP contribution in [0.1, 0.15) is 11.3 Å². The Hall–Kier alpha value is -3.21. The fourth-order valence-electron chi connectivity index (χ4n) is 2.79. The lowest BCUT2D eigenvalue weighted by Crippen LogP contribution is -2.37. The van der Waals surface area contributed by atoms with Gasteiger partial charge in [-0.2, -0.15) is 18.3 Å². The summed E-state index contributed by atoms with van der Waals surface area (Å²) in [6.45, 7) is 0.856. The molecule has 0 bridgehead atoms. The van der Waals surface area contributed by atoms with Crippen LogP contribution >= 0.6 is 11.6 Å². The number of hydrogen-bond donors (Lipinski definition) is 1. The number of amides is 1. The van der Waals surface area contributed by atoms with Crippen molar-refractivity contribution < 1.29 is 26.7 Å². The Labute approximate surface area is 178 Å². The number of halogens is 6. The van der Waals surface area contributed by atoms with Crippen molar-refractivity contribution in [1.82, 2.24) is 15.2 Å². The predicted molar refractivity (Wildman–Crippen MR) is 104 cm³/mol. The van der Waals surface area contributed by atoms with Crippen molar-refractivity contribution >= 4 is 34.8 Å². The first kappa shape index (κ1) is 22.5. The summed E-state index contributed by atoms with van der Waals surface area (Å²) in [5.41, 5.74) is -1.17. The molecule has 0 saturated heterocycles. The van der Waals surface area contributed by atoms with Gasteiger partial charge in [0.25, 0.3) is 0 Å². The fraction of sp³-hybridized carbons (Fsp3) is 0.211. The first-order valence-corrected chi connectivity index (χ1v) is 9.09. The number of nitrogens with zero attached hydrogens (tertiary/aromatic N) is 4. The lowest BCUT2D eigenvalue weighted by Gasteiger charge is -2.26. The third-order valence-corrected chi connectivity index (χ3v) is 4.63. The van der Waals surface area contributed by atoms with E-state index in [9.17, 15) is 26.7 Å². The lowest BCUT2D eigenvalue weighted by atomic mass is 10.2. The van der Waals surface area contributed by atoms with Crippen molar-refractivity contribution in [2.75, 3.05) is 23.4 Å². The molecule has 1 N–H and O–H groups in total. The first-order chi connectivity index (χ1) is 14.5. The Morgan fingerprint density at radius 2 is 1.87 bits per heavy atom. The van der Waals surface area contributed by atoms with Gasteiger partial charge in [-0.25, -0.2) is 13.8 Å². The van der Waals surface area contributed by atoms with E-state index in [0.29, 0.717) is 6.07 Å². The maximum Gasteiger partial charge on any atom is 0.416 e. The third-order valence-electron chi connectivity index (χ3n) is 4.34. The van der Waals surface area contributed by atoms with E-state index in [1.54, 1.807) is 0 Å². The molecule has 6 nitrogen and oxygen atoms in total. The molecule has 0 aliphatic heterocycles. The molecule has 1 amide bonds. The van der Waals surface area contributed by atoms with Gasteiger partial charge in [-0.3, -0.25) is 9.89 Å². The highest BCUT2D eigenvalue weighted by molar-refractivity contribution is 6.31. The number of carbonyl (C=O) groups excluding carboxylic acids is 1. The Kier molecular flexibility index (Phi) is 6.16. The summed E-state index contributed by atoms with van der Waals surface area (Å²) in [7, 11) is 1.23. The summed E-state index contributed by atoms with van der Waals surface area (Å²) in [6, 6.07) is 4.57. The number of carbonyl (C=O) groups is 1. The highest BCUT2D eigenvalue weighted by atomic mass is 35.5. The van der Waals surface area contributed by atoms with Crippen LogP contribution in [0.3, 0.4) is 0 Å². The zero-order valence-corrected chi connectivity index (χ0v) is 16.9. The summed E-state index contributed by atoms with van der Waals surface area (Å²) < 4.78 is 67.3. The van der Waals surface area contributed by atoms with Crippen molar-refractivity contribution in [2.24, 2.45) is 0 Å². The zero-order chi connectivity index (χ0) is 22.9. The van der Waals surface area contributed by atoms with Gasteiger partial charge < -0.3 is 9.80 Å². The molecule has 3 rings (SSSR count). The van der Waals surface area contributed by atoms with Crippen molar-refractivity contribution in [2.45, 2.75) is 13.1 Å². The summed E-state index contributed by atoms with van der Waals surface area (Å²) >= 11 is 5.68. The standard InChI is InChI=1S/C19H15ClF5N5O/c1-10-5-11(19(23,24)25)6-17(27-10)30(16-3-4-26-28-16)9-18(31)29(2)15-7-12(20)13(21)8-14(15)22/h3-8H,9H2,1-2H3,(H,26,28). The molecule has 0 unspecified atom stereocenters. The number of pyridine rings is 1. The van der Waals surface area contributed by atoms with Crippen LogP contribution in [0.25, 0.3) is 0 Å². The molecule has 2 aromatic heterocycles. The molecule has 0 aliphatic carbocycles. The smallest absolute Gasteiger partial charge is 0.311 e. The summed E-state index contributed by atoms with van der Waals surface area (Å²) in [6.07, 6.45) is -3.28. The van der Waals surface area contributed by atoms with E-state index in [1.807, 2.05) is 0 Å². The van der Waals surface area contributed by atoms with Crippen molar-refractivity contribution in [3.8, 4) is 0 Å². The number of alkyl halides is 3. The number of aromatic amines is 1. The van der Waals surface area contributed by atoms with Gasteiger partial charge in [0.1, 0.15) is 29.8 Å². The monoisotopic (exact) mass is 459 g/mol. The normalized spacial score (nSPS) is 11.5. The average Bonchev–Trinajstić information content (AvgIpc) is 3.21. The van der Waals surface area contributed by atoms with Gasteiger partial charge in [0.05, 0.1) is 22.5 Å². The van der Waals surface area contributed by atoms with Gasteiger partial charge in [0.15, 0.2) is 0 Å². The topological polar surface area (TPSA) is 65.1 Å². The second kappa shape index (κ2) is 8.50. The van der Waals surface area contributed by atoms with Gasteiger partial charge in [-0.1, -0.05) is 11.6 Å². The Bertz CT molecular complexity index is 1100. The van der Waals surface area contributed by atoms with E-state index in [2.05, 4.69) is 15.2 Å². The largest absolute Gasteiger partial charge is 0.416 e. The van der Waals surface area contributed by atoms with Gasteiger partial charge >= 0.3 is 6.18 Å². The number of H-pyrrole nitrogens is 1. The van der Waals surface area contributed by atoms with Crippen LogP contribution in [0.2, 0.25) is 5.02 Å². The second-order valence-electron chi connectivity index (χ2n) is 6.55. The molecular weight excluding hydrogens is 445 g/mol. The predicted octanol–water partition coefficient (Wildman–Crippen LogP) is 4.86. The van der Waals surface area contributed by atoms with Crippen molar-refractivity contribution in [3.63, 3.8) is 0 Å².